The fourth-order valence-corrected chi connectivity index (χ4v) is 2.76. The van der Waals surface area contributed by atoms with E-state index in [1.807, 2.05) is 6.07 Å². The maximum Gasteiger partial charge on any atom is 0.255 e. The second-order valence-electron chi connectivity index (χ2n) is 5.64. The van der Waals surface area contributed by atoms with Crippen molar-refractivity contribution in [3.8, 4) is 11.5 Å². The Bertz CT molecular complexity index is 1110. The number of carbonyl (C=O) groups is 1. The molecule has 4 aromatic rings. The van der Waals surface area contributed by atoms with Crippen LogP contribution < -0.4 is 5.32 Å². The second kappa shape index (κ2) is 6.61. The Hall–Kier alpha value is -3.18. The van der Waals surface area contributed by atoms with Crippen LogP contribution in [0.5, 0.6) is 0 Å². The van der Waals surface area contributed by atoms with E-state index in [4.69, 9.17) is 16.0 Å². The molecule has 26 heavy (non-hydrogen) atoms. The first kappa shape index (κ1) is 16.3. The molecule has 0 saturated heterocycles. The summed E-state index contributed by atoms with van der Waals surface area (Å²) in [6.45, 7) is 0. The molecule has 0 aliphatic rings. The number of carbonyl (C=O) groups excluding carboxylic acids is 1. The fourth-order valence-electron chi connectivity index (χ4n) is 2.59. The van der Waals surface area contributed by atoms with Crippen molar-refractivity contribution >= 4 is 34.3 Å². The van der Waals surface area contributed by atoms with Gasteiger partial charge in [0.05, 0.1) is 11.3 Å². The number of nitrogens with one attached hydrogen (secondary N) is 1. The predicted octanol–water partition coefficient (Wildman–Crippen LogP) is 5.54. The molecule has 4 rings (SSSR count). The second-order valence-corrected chi connectivity index (χ2v) is 6.07. The van der Waals surface area contributed by atoms with E-state index in [-0.39, 0.29) is 5.91 Å². The summed E-state index contributed by atoms with van der Waals surface area (Å²) in [7, 11) is 0. The van der Waals surface area contributed by atoms with Gasteiger partial charge in [0.2, 0.25) is 5.89 Å². The summed E-state index contributed by atoms with van der Waals surface area (Å²) in [6, 6.07) is 17.7. The number of nitrogens with zero attached hydrogens (tertiary/aromatic N) is 1. The monoisotopic (exact) mass is 366 g/mol. The molecule has 1 aromatic heterocycles. The Morgan fingerprint density at radius 2 is 1.81 bits per heavy atom. The molecule has 1 amide bonds. The lowest BCUT2D eigenvalue weighted by Gasteiger charge is -2.08. The van der Waals surface area contributed by atoms with Gasteiger partial charge in [-0.3, -0.25) is 4.79 Å². The SMILES string of the molecule is O=C(Nc1ccccc1-c1nc2cc(Cl)ccc2o1)c1ccc(F)cc1. The average molecular weight is 367 g/mol. The highest BCUT2D eigenvalue weighted by molar-refractivity contribution is 6.31. The molecular formula is C20H12ClFN2O2. The first-order valence-electron chi connectivity index (χ1n) is 7.82. The van der Waals surface area contributed by atoms with E-state index in [0.29, 0.717) is 38.8 Å². The van der Waals surface area contributed by atoms with Crippen molar-refractivity contribution in [2.75, 3.05) is 5.32 Å². The summed E-state index contributed by atoms with van der Waals surface area (Å²) in [5, 5.41) is 3.38. The number of anilines is 1. The third-order valence-electron chi connectivity index (χ3n) is 3.86. The van der Waals surface area contributed by atoms with Crippen molar-refractivity contribution in [3.63, 3.8) is 0 Å². The predicted molar refractivity (Wildman–Crippen MR) is 98.8 cm³/mol. The third kappa shape index (κ3) is 3.17. The highest BCUT2D eigenvalue weighted by atomic mass is 35.5. The van der Waals surface area contributed by atoms with Gasteiger partial charge in [-0.05, 0) is 54.6 Å². The van der Waals surface area contributed by atoms with Crippen molar-refractivity contribution in [2.45, 2.75) is 0 Å². The minimum Gasteiger partial charge on any atom is -0.436 e. The maximum absolute atomic E-state index is 13.0. The molecule has 0 aliphatic carbocycles. The van der Waals surface area contributed by atoms with E-state index in [1.54, 1.807) is 36.4 Å². The van der Waals surface area contributed by atoms with Crippen LogP contribution in [-0.4, -0.2) is 10.9 Å². The Balaban J connectivity index is 1.69. The topological polar surface area (TPSA) is 55.1 Å². The Morgan fingerprint density at radius 1 is 1.04 bits per heavy atom. The number of amides is 1. The van der Waals surface area contributed by atoms with E-state index in [0.717, 1.165) is 0 Å². The molecule has 0 aliphatic heterocycles. The van der Waals surface area contributed by atoms with Gasteiger partial charge in [0.1, 0.15) is 11.3 Å². The number of hydrogen-bond donors (Lipinski definition) is 1. The summed E-state index contributed by atoms with van der Waals surface area (Å²) in [5.74, 6) is -0.374. The van der Waals surface area contributed by atoms with Crippen LogP contribution in [0.4, 0.5) is 10.1 Å². The summed E-state index contributed by atoms with van der Waals surface area (Å²) >= 11 is 5.99. The summed E-state index contributed by atoms with van der Waals surface area (Å²) in [5.41, 5.74) is 2.76. The first-order valence-corrected chi connectivity index (χ1v) is 8.20. The van der Waals surface area contributed by atoms with Gasteiger partial charge in [0.15, 0.2) is 5.58 Å². The zero-order valence-corrected chi connectivity index (χ0v) is 14.1. The average Bonchev–Trinajstić information content (AvgIpc) is 3.05. The van der Waals surface area contributed by atoms with Crippen molar-refractivity contribution in [1.82, 2.24) is 4.98 Å². The van der Waals surface area contributed by atoms with Crippen LogP contribution >= 0.6 is 11.6 Å². The van der Waals surface area contributed by atoms with Gasteiger partial charge >= 0.3 is 0 Å². The standard InChI is InChI=1S/C20H12ClFN2O2/c21-13-7-10-18-17(11-13)24-20(26-18)15-3-1-2-4-16(15)23-19(25)12-5-8-14(22)9-6-12/h1-11H,(H,23,25). The van der Waals surface area contributed by atoms with Gasteiger partial charge < -0.3 is 9.73 Å². The smallest absolute Gasteiger partial charge is 0.255 e. The van der Waals surface area contributed by atoms with Gasteiger partial charge in [-0.15, -0.1) is 0 Å². The molecule has 0 atom stereocenters. The van der Waals surface area contributed by atoms with Gasteiger partial charge in [0.25, 0.3) is 5.91 Å². The quantitative estimate of drug-likeness (QED) is 0.518. The van der Waals surface area contributed by atoms with Crippen LogP contribution in [-0.2, 0) is 0 Å². The molecule has 3 aromatic carbocycles. The largest absolute Gasteiger partial charge is 0.436 e. The number of fused-ring (bicyclic) bond motifs is 1. The lowest BCUT2D eigenvalue weighted by atomic mass is 10.1. The van der Waals surface area contributed by atoms with Crippen LogP contribution in [0.2, 0.25) is 5.02 Å². The molecule has 1 heterocycles. The van der Waals surface area contributed by atoms with Crippen LogP contribution in [0.1, 0.15) is 10.4 Å². The van der Waals surface area contributed by atoms with E-state index in [9.17, 15) is 9.18 Å². The maximum atomic E-state index is 13.0. The lowest BCUT2D eigenvalue weighted by molar-refractivity contribution is 0.102. The van der Waals surface area contributed by atoms with Gasteiger partial charge in [0, 0.05) is 10.6 Å². The number of benzene rings is 3. The third-order valence-corrected chi connectivity index (χ3v) is 4.10. The minimum absolute atomic E-state index is 0.350. The number of hydrogen-bond acceptors (Lipinski definition) is 3. The molecule has 6 heteroatoms. The molecule has 0 fully saturated rings. The highest BCUT2D eigenvalue weighted by Crippen LogP contribution is 2.31. The molecule has 0 unspecified atom stereocenters. The van der Waals surface area contributed by atoms with Crippen LogP contribution in [0, 0.1) is 5.82 Å². The molecule has 0 bridgehead atoms. The molecule has 0 radical (unpaired) electrons. The molecule has 0 spiro atoms. The Kier molecular flexibility index (Phi) is 4.14. The van der Waals surface area contributed by atoms with Crippen molar-refractivity contribution in [3.05, 3.63) is 83.1 Å². The fraction of sp³-hybridized carbons (Fsp3) is 0. The summed E-state index contributed by atoms with van der Waals surface area (Å²) in [4.78, 5) is 16.9. The summed E-state index contributed by atoms with van der Waals surface area (Å²) < 4.78 is 18.8. The molecule has 0 saturated carbocycles. The zero-order chi connectivity index (χ0) is 18.1. The number of oxazole rings is 1. The van der Waals surface area contributed by atoms with Gasteiger partial charge in [-0.25, -0.2) is 9.37 Å². The van der Waals surface area contributed by atoms with Gasteiger partial charge in [-0.1, -0.05) is 23.7 Å². The first-order chi connectivity index (χ1) is 12.6. The normalized spacial score (nSPS) is 10.8. The lowest BCUT2D eigenvalue weighted by Crippen LogP contribution is -2.12. The minimum atomic E-state index is -0.396. The molecule has 128 valence electrons. The molecule has 4 nitrogen and oxygen atoms in total. The Labute approximate surface area is 153 Å². The van der Waals surface area contributed by atoms with Crippen molar-refractivity contribution in [2.24, 2.45) is 0 Å². The highest BCUT2D eigenvalue weighted by Gasteiger charge is 2.15. The van der Waals surface area contributed by atoms with Crippen molar-refractivity contribution in [1.29, 1.82) is 0 Å². The van der Waals surface area contributed by atoms with E-state index in [1.165, 1.54) is 24.3 Å². The number of rotatable bonds is 3. The van der Waals surface area contributed by atoms with Gasteiger partial charge in [-0.2, -0.15) is 0 Å². The number of halogens is 2. The van der Waals surface area contributed by atoms with Crippen LogP contribution in [0.3, 0.4) is 0 Å². The summed E-state index contributed by atoms with van der Waals surface area (Å²) in [6.07, 6.45) is 0. The van der Waals surface area contributed by atoms with E-state index >= 15 is 0 Å². The Morgan fingerprint density at radius 3 is 2.62 bits per heavy atom. The molecular weight excluding hydrogens is 355 g/mol. The van der Waals surface area contributed by atoms with Crippen LogP contribution in [0.25, 0.3) is 22.6 Å². The van der Waals surface area contributed by atoms with Crippen LogP contribution in [0.15, 0.2) is 71.1 Å². The van der Waals surface area contributed by atoms with E-state index < -0.39 is 5.82 Å². The number of aromatic nitrogens is 1. The number of para-hydroxylation sites is 1. The zero-order valence-electron chi connectivity index (χ0n) is 13.4. The van der Waals surface area contributed by atoms with E-state index in [2.05, 4.69) is 10.3 Å². The molecule has 1 N–H and O–H groups in total. The van der Waals surface area contributed by atoms with Crippen molar-refractivity contribution < 1.29 is 13.6 Å².